The maximum absolute atomic E-state index is 6.81. The first kappa shape index (κ1) is 34.5. The van der Waals surface area contributed by atoms with Crippen LogP contribution in [0.1, 0.15) is 36.1 Å². The van der Waals surface area contributed by atoms with Gasteiger partial charge in [0.1, 0.15) is 11.2 Å². The lowest BCUT2D eigenvalue weighted by atomic mass is 9.81. The topological polar surface area (TPSA) is 42.8 Å². The number of amidine groups is 1. The van der Waals surface area contributed by atoms with E-state index in [1.165, 1.54) is 58.1 Å². The Morgan fingerprint density at radius 1 is 0.525 bits per heavy atom. The lowest BCUT2D eigenvalue weighted by Crippen LogP contribution is -2.28. The van der Waals surface area contributed by atoms with Crippen LogP contribution in [0.5, 0.6) is 0 Å². The van der Waals surface area contributed by atoms with Crippen molar-refractivity contribution in [2.75, 3.05) is 0 Å². The summed E-state index contributed by atoms with van der Waals surface area (Å²) in [4.78, 5) is 11.4. The normalized spacial score (nSPS) is 15.9. The Hall–Kier alpha value is -7.34. The first-order valence-electron chi connectivity index (χ1n) is 21.1. The zero-order valence-electron chi connectivity index (χ0n) is 33.3. The van der Waals surface area contributed by atoms with Gasteiger partial charge < -0.3 is 8.98 Å². The Labute approximate surface area is 355 Å². The maximum Gasteiger partial charge on any atom is 0.155 e. The number of nitrogens with zero attached hydrogens (tertiary/aromatic N) is 3. The van der Waals surface area contributed by atoms with Crippen molar-refractivity contribution in [1.82, 2.24) is 4.57 Å². The van der Waals surface area contributed by atoms with Crippen LogP contribution in [0.4, 0.5) is 0 Å². The first-order chi connectivity index (χ1) is 30.2. The molecule has 2 unspecified atom stereocenters. The quantitative estimate of drug-likeness (QED) is 0.171. The summed E-state index contributed by atoms with van der Waals surface area (Å²) in [5.41, 5.74) is 9.36. The van der Waals surface area contributed by atoms with Crippen LogP contribution in [0.2, 0.25) is 0 Å². The van der Waals surface area contributed by atoms with Crippen LogP contribution in [0, 0.1) is 5.92 Å². The van der Waals surface area contributed by atoms with Crippen LogP contribution in [0.15, 0.2) is 196 Å². The minimum absolute atomic E-state index is 0.0502. The van der Waals surface area contributed by atoms with Crippen LogP contribution in [0.25, 0.3) is 91.1 Å². The van der Waals surface area contributed by atoms with Gasteiger partial charge in [-0.1, -0.05) is 134 Å². The van der Waals surface area contributed by atoms with Gasteiger partial charge >= 0.3 is 0 Å². The molecule has 288 valence electrons. The Kier molecular flexibility index (Phi) is 7.55. The first-order valence-corrected chi connectivity index (χ1v) is 21.9. The van der Waals surface area contributed by atoms with E-state index in [1.807, 2.05) is 17.4 Å². The molecule has 0 saturated heterocycles. The van der Waals surface area contributed by atoms with E-state index in [0.717, 1.165) is 61.9 Å². The van der Waals surface area contributed by atoms with E-state index in [4.69, 9.17) is 14.4 Å². The second-order valence-electron chi connectivity index (χ2n) is 16.3. The summed E-state index contributed by atoms with van der Waals surface area (Å²) in [6.07, 6.45) is 0.884. The van der Waals surface area contributed by atoms with Crippen molar-refractivity contribution in [3.8, 4) is 5.69 Å². The summed E-state index contributed by atoms with van der Waals surface area (Å²) in [7, 11) is 0. The van der Waals surface area contributed by atoms with Crippen molar-refractivity contribution in [3.63, 3.8) is 0 Å². The molecule has 0 saturated carbocycles. The summed E-state index contributed by atoms with van der Waals surface area (Å²) in [6, 6.07) is 65.8. The number of aromatic nitrogens is 1. The average Bonchev–Trinajstić information content (AvgIpc) is 3.99. The number of furan rings is 1. The molecule has 12 aromatic rings. The maximum atomic E-state index is 6.81. The highest BCUT2D eigenvalue weighted by molar-refractivity contribution is 7.25. The largest absolute Gasteiger partial charge is 0.456 e. The van der Waals surface area contributed by atoms with Crippen molar-refractivity contribution in [2.24, 2.45) is 15.9 Å². The van der Waals surface area contributed by atoms with E-state index in [2.05, 4.69) is 187 Å². The second-order valence-corrected chi connectivity index (χ2v) is 17.4. The molecule has 4 nitrogen and oxygen atoms in total. The predicted molar refractivity (Wildman–Crippen MR) is 258 cm³/mol. The van der Waals surface area contributed by atoms with Gasteiger partial charge in [0.15, 0.2) is 5.84 Å². The van der Waals surface area contributed by atoms with Gasteiger partial charge in [-0.2, -0.15) is 0 Å². The Morgan fingerprint density at radius 3 is 2.08 bits per heavy atom. The zero-order valence-corrected chi connectivity index (χ0v) is 34.2. The molecular formula is C56H37N3OS. The molecule has 4 heterocycles. The van der Waals surface area contributed by atoms with Crippen molar-refractivity contribution in [1.29, 1.82) is 0 Å². The monoisotopic (exact) mass is 799 g/mol. The highest BCUT2D eigenvalue weighted by Crippen LogP contribution is 2.45. The number of aliphatic imine (C=N–C) groups is 2. The molecule has 13 rings (SSSR count). The molecule has 2 atom stereocenters. The summed E-state index contributed by atoms with van der Waals surface area (Å²) in [6.45, 7) is 2.28. The molecule has 0 radical (unpaired) electrons. The molecule has 0 amide bonds. The minimum atomic E-state index is -0.171. The van der Waals surface area contributed by atoms with E-state index >= 15 is 0 Å². The predicted octanol–water partition coefficient (Wildman–Crippen LogP) is 15.4. The summed E-state index contributed by atoms with van der Waals surface area (Å²) in [5.74, 6) is 0.762. The Morgan fingerprint density at radius 2 is 1.23 bits per heavy atom. The summed E-state index contributed by atoms with van der Waals surface area (Å²) < 4.78 is 11.8. The number of benzene rings is 9. The van der Waals surface area contributed by atoms with Crippen LogP contribution >= 0.6 is 11.3 Å². The van der Waals surface area contributed by atoms with E-state index < -0.39 is 0 Å². The molecule has 0 N–H and O–H groups in total. The molecule has 0 fully saturated rings. The molecule has 0 bridgehead atoms. The van der Waals surface area contributed by atoms with Crippen molar-refractivity contribution in [3.05, 3.63) is 199 Å². The fourth-order valence-corrected chi connectivity index (χ4v) is 11.3. The molecule has 1 aliphatic heterocycles. The zero-order chi connectivity index (χ0) is 40.2. The van der Waals surface area contributed by atoms with Crippen LogP contribution in [-0.2, 0) is 0 Å². The van der Waals surface area contributed by atoms with Crippen molar-refractivity contribution < 1.29 is 4.42 Å². The SMILES string of the molecule is CCC1C(c2ccc3ccccc3c2)=NC(c2cc(-n3c4ccccc4c4cc5ccccc5cc43)c3c(c2)oc2ccccc23)=NC1c1cccc2sc3ccccc3c12. The lowest BCUT2D eigenvalue weighted by Gasteiger charge is -2.30. The van der Waals surface area contributed by atoms with Gasteiger partial charge in [0.25, 0.3) is 0 Å². The molecule has 0 aliphatic carbocycles. The Bertz CT molecular complexity index is 3840. The number of fused-ring (bicyclic) bond motifs is 11. The van der Waals surface area contributed by atoms with Crippen molar-refractivity contribution >= 4 is 108 Å². The van der Waals surface area contributed by atoms with Gasteiger partial charge in [0.05, 0.1) is 33.9 Å². The molecule has 61 heavy (non-hydrogen) atoms. The highest BCUT2D eigenvalue weighted by Gasteiger charge is 2.34. The third-order valence-corrected chi connectivity index (χ3v) is 14.1. The van der Waals surface area contributed by atoms with Gasteiger partial charge in [-0.05, 0) is 93.7 Å². The third-order valence-electron chi connectivity index (χ3n) is 13.0. The van der Waals surface area contributed by atoms with Gasteiger partial charge in [-0.15, -0.1) is 11.3 Å². The fourth-order valence-electron chi connectivity index (χ4n) is 10.2. The smallest absolute Gasteiger partial charge is 0.155 e. The second kappa shape index (κ2) is 13.3. The molecule has 5 heteroatoms. The van der Waals surface area contributed by atoms with Gasteiger partial charge in [0, 0.05) is 47.8 Å². The number of hydrogen-bond acceptors (Lipinski definition) is 4. The van der Waals surface area contributed by atoms with Gasteiger partial charge in [-0.3, -0.25) is 4.99 Å². The minimum Gasteiger partial charge on any atom is -0.456 e. The lowest BCUT2D eigenvalue weighted by molar-refractivity contribution is 0.536. The van der Waals surface area contributed by atoms with Gasteiger partial charge in [0.2, 0.25) is 0 Å². The number of rotatable bonds is 5. The number of para-hydroxylation sites is 2. The Balaban J connectivity index is 1.12. The van der Waals surface area contributed by atoms with E-state index in [1.54, 1.807) is 0 Å². The molecule has 3 aromatic heterocycles. The standard InChI is InChI=1S/C56H37N3OS/c1-2-39-54(37-27-26-33-14-3-4-15-34(33)28-37)57-56(58-55(39)43-21-13-25-51-52(43)42-20-9-12-24-50(42)61-51)38-31-47(53-41-19-8-11-23-48(41)60-49(53)32-38)59-45-22-10-7-18-40(45)44-29-35-16-5-6-17-36(35)30-46(44)59/h3-32,39,55H,2H2,1H3. The summed E-state index contributed by atoms with van der Waals surface area (Å²) >= 11 is 1.86. The highest BCUT2D eigenvalue weighted by atomic mass is 32.1. The summed E-state index contributed by atoms with van der Waals surface area (Å²) in [5, 5.41) is 12.0. The van der Waals surface area contributed by atoms with E-state index in [9.17, 15) is 0 Å². The van der Waals surface area contributed by atoms with Crippen LogP contribution in [0.3, 0.4) is 0 Å². The van der Waals surface area contributed by atoms with Crippen LogP contribution < -0.4 is 0 Å². The number of hydrogen-bond donors (Lipinski definition) is 0. The van der Waals surface area contributed by atoms with Crippen molar-refractivity contribution in [2.45, 2.75) is 19.4 Å². The molecule has 0 spiro atoms. The average molecular weight is 800 g/mol. The van der Waals surface area contributed by atoms with Gasteiger partial charge in [-0.25, -0.2) is 4.99 Å². The van der Waals surface area contributed by atoms with E-state index in [-0.39, 0.29) is 12.0 Å². The fraction of sp³-hybridized carbons (Fsp3) is 0.0714. The number of thiophene rings is 1. The van der Waals surface area contributed by atoms with E-state index in [0.29, 0.717) is 5.84 Å². The van der Waals surface area contributed by atoms with Crippen LogP contribution in [-0.4, -0.2) is 16.1 Å². The molecule has 9 aromatic carbocycles. The molecule has 1 aliphatic rings. The molecular weight excluding hydrogens is 763 g/mol. The third kappa shape index (κ3) is 5.24.